The summed E-state index contributed by atoms with van der Waals surface area (Å²) in [5, 5.41) is 0. The average molecular weight is 315 g/mol. The van der Waals surface area contributed by atoms with Crippen LogP contribution in [0.4, 0.5) is 4.39 Å². The number of carbonyl (C=O) groups excluding carboxylic acids is 2. The van der Waals surface area contributed by atoms with Crippen LogP contribution in [0.2, 0.25) is 0 Å². The summed E-state index contributed by atoms with van der Waals surface area (Å²) >= 11 is 3.07. The van der Waals surface area contributed by atoms with Crippen LogP contribution < -0.4 is 0 Å². The Balaban J connectivity index is 3.16. The number of rotatable bonds is 4. The zero-order valence-electron chi connectivity index (χ0n) is 9.31. The molecule has 18 heavy (non-hydrogen) atoms. The fourth-order valence-electron chi connectivity index (χ4n) is 1.18. The Morgan fingerprint density at radius 1 is 1.50 bits per heavy atom. The van der Waals surface area contributed by atoms with Gasteiger partial charge in [0.05, 0.1) is 12.2 Å². The molecule has 0 saturated carbocycles. The lowest BCUT2D eigenvalue weighted by Crippen LogP contribution is -2.28. The van der Waals surface area contributed by atoms with E-state index in [1.165, 1.54) is 19.1 Å². The quantitative estimate of drug-likeness (QED) is 0.213. The number of esters is 1. The number of hydrogen-bond donors (Lipinski definition) is 0. The first-order valence-electron chi connectivity index (χ1n) is 4.90. The van der Waals surface area contributed by atoms with Crippen molar-refractivity contribution in [2.24, 2.45) is 0 Å². The van der Waals surface area contributed by atoms with E-state index < -0.39 is 23.3 Å². The summed E-state index contributed by atoms with van der Waals surface area (Å²) in [7, 11) is 0. The first kappa shape index (κ1) is 14.2. The van der Waals surface area contributed by atoms with Gasteiger partial charge in [0, 0.05) is 4.47 Å². The standard InChI is InChI=1S/C11H8BrFN2O3/c1-2-18-11(17)9(15-14)10(16)7-5-6(12)3-4-8(7)13/h3-5H,2H2,1H3. The first-order chi connectivity index (χ1) is 8.51. The number of Topliss-reactive ketones (excluding diaryl/α,β-unsaturated/α-hetero) is 1. The van der Waals surface area contributed by atoms with E-state index in [-0.39, 0.29) is 12.2 Å². The van der Waals surface area contributed by atoms with E-state index in [0.29, 0.717) is 4.47 Å². The number of nitrogens with zero attached hydrogens (tertiary/aromatic N) is 2. The number of ether oxygens (including phenoxy) is 1. The van der Waals surface area contributed by atoms with Crippen molar-refractivity contribution in [3.05, 3.63) is 39.6 Å². The van der Waals surface area contributed by atoms with Crippen molar-refractivity contribution in [2.75, 3.05) is 6.61 Å². The molecule has 0 bridgehead atoms. The number of halogens is 2. The van der Waals surface area contributed by atoms with Crippen LogP contribution in [0, 0.1) is 5.82 Å². The van der Waals surface area contributed by atoms with Crippen LogP contribution in [0.1, 0.15) is 17.3 Å². The Morgan fingerprint density at radius 3 is 2.72 bits per heavy atom. The lowest BCUT2D eigenvalue weighted by atomic mass is 10.1. The lowest BCUT2D eigenvalue weighted by molar-refractivity contribution is -0.139. The van der Waals surface area contributed by atoms with Crippen LogP contribution in [0.15, 0.2) is 22.7 Å². The van der Waals surface area contributed by atoms with Crippen molar-refractivity contribution in [3.63, 3.8) is 0 Å². The second kappa shape index (κ2) is 6.18. The third-order valence-electron chi connectivity index (χ3n) is 1.96. The molecule has 0 aromatic heterocycles. The van der Waals surface area contributed by atoms with E-state index in [0.717, 1.165) is 6.07 Å². The molecule has 1 aromatic rings. The molecule has 0 heterocycles. The Bertz CT molecular complexity index is 553. The van der Waals surface area contributed by atoms with E-state index in [1.807, 2.05) is 0 Å². The van der Waals surface area contributed by atoms with Crippen LogP contribution >= 0.6 is 15.9 Å². The summed E-state index contributed by atoms with van der Waals surface area (Å²) in [6, 6.07) is 3.63. The number of carbonyl (C=O) groups is 2. The highest BCUT2D eigenvalue weighted by Crippen LogP contribution is 2.16. The Morgan fingerprint density at radius 2 is 2.17 bits per heavy atom. The highest BCUT2D eigenvalue weighted by atomic mass is 79.9. The topological polar surface area (TPSA) is 79.8 Å². The maximum Gasteiger partial charge on any atom is 0.446 e. The van der Waals surface area contributed by atoms with Crippen molar-refractivity contribution in [1.29, 1.82) is 0 Å². The van der Waals surface area contributed by atoms with Gasteiger partial charge in [0.2, 0.25) is 0 Å². The Labute approximate surface area is 110 Å². The summed E-state index contributed by atoms with van der Waals surface area (Å²) in [5.41, 5.74) is 7.40. The predicted molar refractivity (Wildman–Crippen MR) is 63.7 cm³/mol. The summed E-state index contributed by atoms with van der Waals surface area (Å²) in [6.07, 6.45) is 0. The van der Waals surface area contributed by atoms with Gasteiger partial charge in [0.25, 0.3) is 5.78 Å². The largest absolute Gasteiger partial charge is 0.457 e. The molecular formula is C11H8BrFN2O3. The van der Waals surface area contributed by atoms with Gasteiger partial charge in [-0.05, 0) is 25.1 Å². The molecule has 0 unspecified atom stereocenters. The molecule has 0 atom stereocenters. The van der Waals surface area contributed by atoms with E-state index in [1.54, 1.807) is 0 Å². The van der Waals surface area contributed by atoms with Gasteiger partial charge in [-0.3, -0.25) is 4.79 Å². The van der Waals surface area contributed by atoms with Crippen LogP contribution in [-0.2, 0) is 9.53 Å². The van der Waals surface area contributed by atoms with Gasteiger partial charge >= 0.3 is 11.7 Å². The Hall–Kier alpha value is -1.85. The fraction of sp³-hybridized carbons (Fsp3) is 0.182. The second-order valence-corrected chi connectivity index (χ2v) is 4.04. The minimum Gasteiger partial charge on any atom is -0.457 e. The molecule has 0 saturated heterocycles. The summed E-state index contributed by atoms with van der Waals surface area (Å²) < 4.78 is 18.4. The molecule has 0 aliphatic carbocycles. The van der Waals surface area contributed by atoms with Crippen molar-refractivity contribution < 1.29 is 23.5 Å². The molecule has 0 fully saturated rings. The third-order valence-corrected chi connectivity index (χ3v) is 2.45. The Kier molecular flexibility index (Phi) is 4.88. The monoisotopic (exact) mass is 314 g/mol. The number of benzene rings is 1. The van der Waals surface area contributed by atoms with Gasteiger partial charge in [0.1, 0.15) is 5.82 Å². The summed E-state index contributed by atoms with van der Waals surface area (Å²) in [4.78, 5) is 25.7. The molecule has 0 aliphatic heterocycles. The first-order valence-corrected chi connectivity index (χ1v) is 5.69. The molecule has 0 radical (unpaired) electrons. The van der Waals surface area contributed by atoms with Crippen LogP contribution in [0.5, 0.6) is 0 Å². The molecule has 7 heteroatoms. The molecule has 5 nitrogen and oxygen atoms in total. The van der Waals surface area contributed by atoms with Gasteiger partial charge in [-0.2, -0.15) is 4.79 Å². The molecule has 94 valence electrons. The smallest absolute Gasteiger partial charge is 0.446 e. The zero-order valence-corrected chi connectivity index (χ0v) is 10.9. The lowest BCUT2D eigenvalue weighted by Gasteiger charge is -2.00. The predicted octanol–water partition coefficient (Wildman–Crippen LogP) is 2.00. The van der Waals surface area contributed by atoms with Gasteiger partial charge in [-0.15, -0.1) is 0 Å². The fourth-order valence-corrected chi connectivity index (χ4v) is 1.54. The number of hydrogen-bond acceptors (Lipinski definition) is 3. The van der Waals surface area contributed by atoms with Crippen LogP contribution in [-0.4, -0.2) is 28.9 Å². The van der Waals surface area contributed by atoms with Crippen molar-refractivity contribution in [3.8, 4) is 0 Å². The molecule has 0 spiro atoms. The van der Waals surface area contributed by atoms with Crippen LogP contribution in [0.25, 0.3) is 5.53 Å². The van der Waals surface area contributed by atoms with E-state index in [9.17, 15) is 14.0 Å². The summed E-state index contributed by atoms with van der Waals surface area (Å²) in [5.74, 6) is -2.98. The summed E-state index contributed by atoms with van der Waals surface area (Å²) in [6.45, 7) is 1.53. The maximum atomic E-state index is 13.4. The molecule has 0 N–H and O–H groups in total. The highest BCUT2D eigenvalue weighted by Gasteiger charge is 2.33. The van der Waals surface area contributed by atoms with Gasteiger partial charge < -0.3 is 10.3 Å². The zero-order chi connectivity index (χ0) is 13.7. The minimum atomic E-state index is -1.11. The molecule has 0 aliphatic rings. The maximum absolute atomic E-state index is 13.4. The van der Waals surface area contributed by atoms with E-state index in [2.05, 4.69) is 25.5 Å². The van der Waals surface area contributed by atoms with Gasteiger partial charge in [-0.1, -0.05) is 15.9 Å². The average Bonchev–Trinajstić information content (AvgIpc) is 2.33. The minimum absolute atomic E-state index is 0.00605. The van der Waals surface area contributed by atoms with Crippen molar-refractivity contribution >= 4 is 33.4 Å². The van der Waals surface area contributed by atoms with Crippen molar-refractivity contribution in [1.82, 2.24) is 0 Å². The molecular weight excluding hydrogens is 307 g/mol. The molecule has 1 rings (SSSR count). The second-order valence-electron chi connectivity index (χ2n) is 3.12. The van der Waals surface area contributed by atoms with Gasteiger partial charge in [-0.25, -0.2) is 9.18 Å². The molecule has 1 aromatic carbocycles. The SMILES string of the molecule is CCOC(=O)C(=[N+]=[N-])C(=O)c1cc(Br)ccc1F. The van der Waals surface area contributed by atoms with Gasteiger partial charge in [0.15, 0.2) is 0 Å². The third kappa shape index (κ3) is 3.09. The van der Waals surface area contributed by atoms with E-state index >= 15 is 0 Å². The van der Waals surface area contributed by atoms with Crippen LogP contribution in [0.3, 0.4) is 0 Å². The van der Waals surface area contributed by atoms with Crippen molar-refractivity contribution in [2.45, 2.75) is 6.92 Å². The van der Waals surface area contributed by atoms with E-state index in [4.69, 9.17) is 5.53 Å². The highest BCUT2D eigenvalue weighted by molar-refractivity contribution is 9.10. The number of ketones is 1. The normalized spacial score (nSPS) is 9.50. The molecule has 0 amide bonds.